The van der Waals surface area contributed by atoms with E-state index in [9.17, 15) is 4.79 Å². The number of para-hydroxylation sites is 1. The van der Waals surface area contributed by atoms with Crippen LogP contribution in [0.2, 0.25) is 0 Å². The Labute approximate surface area is 145 Å². The van der Waals surface area contributed by atoms with E-state index in [2.05, 4.69) is 20.6 Å². The Kier molecular flexibility index (Phi) is 3.78. The van der Waals surface area contributed by atoms with Gasteiger partial charge in [-0.1, -0.05) is 18.2 Å². The summed E-state index contributed by atoms with van der Waals surface area (Å²) in [7, 11) is 0. The molecule has 1 amide bonds. The molecule has 124 valence electrons. The second-order valence-electron chi connectivity index (χ2n) is 5.85. The molecular weight excluding hydrogens is 314 g/mol. The zero-order chi connectivity index (χ0) is 17.2. The van der Waals surface area contributed by atoms with Crippen molar-refractivity contribution in [3.8, 4) is 0 Å². The smallest absolute Gasteiger partial charge is 0.265 e. The predicted octanol–water partition coefficient (Wildman–Crippen LogP) is 3.25. The van der Waals surface area contributed by atoms with Gasteiger partial charge >= 0.3 is 0 Å². The Morgan fingerprint density at radius 3 is 2.72 bits per heavy atom. The highest BCUT2D eigenvalue weighted by molar-refractivity contribution is 6.11. The summed E-state index contributed by atoms with van der Waals surface area (Å²) in [5.74, 6) is 0.474. The Hall–Kier alpha value is -3.41. The number of aromatic nitrogens is 2. The van der Waals surface area contributed by atoms with Crippen LogP contribution in [0.15, 0.2) is 67.1 Å². The molecule has 6 heteroatoms. The lowest BCUT2D eigenvalue weighted by molar-refractivity contribution is 0.0977. The van der Waals surface area contributed by atoms with Crippen LogP contribution in [0.1, 0.15) is 15.9 Å². The molecular formula is C19H17N5O. The third-order valence-electron chi connectivity index (χ3n) is 4.00. The van der Waals surface area contributed by atoms with Crippen molar-refractivity contribution in [2.45, 2.75) is 13.2 Å². The molecule has 0 aliphatic carbocycles. The topological polar surface area (TPSA) is 70.2 Å². The fraction of sp³-hybridized carbons (Fsp3) is 0.105. The maximum atomic E-state index is 13.2. The predicted molar refractivity (Wildman–Crippen MR) is 97.5 cm³/mol. The number of fused-ring (bicyclic) bond motifs is 1. The number of anilines is 3. The second kappa shape index (κ2) is 6.24. The van der Waals surface area contributed by atoms with Crippen molar-refractivity contribution in [2.24, 2.45) is 0 Å². The van der Waals surface area contributed by atoms with Crippen molar-refractivity contribution in [3.05, 3.63) is 78.2 Å². The van der Waals surface area contributed by atoms with Crippen LogP contribution in [0.5, 0.6) is 0 Å². The summed E-state index contributed by atoms with van der Waals surface area (Å²) in [6, 6.07) is 15.2. The highest BCUT2D eigenvalue weighted by atomic mass is 16.2. The lowest BCUT2D eigenvalue weighted by Gasteiger charge is -2.37. The number of carbonyl (C=O) groups excluding carboxylic acids is 1. The van der Waals surface area contributed by atoms with Crippen molar-refractivity contribution in [1.29, 1.82) is 0 Å². The highest BCUT2D eigenvalue weighted by Gasteiger charge is 2.34. The molecule has 0 saturated heterocycles. The summed E-state index contributed by atoms with van der Waals surface area (Å²) in [5, 5.41) is 6.61. The Bertz CT molecular complexity index is 898. The van der Waals surface area contributed by atoms with E-state index in [4.69, 9.17) is 0 Å². The molecule has 0 spiro atoms. The van der Waals surface area contributed by atoms with Crippen LogP contribution in [0.4, 0.5) is 17.2 Å². The Balaban J connectivity index is 1.77. The standard InChI is InChI=1S/C19H17N5O/c1-13-10-16-17(21-11-13)23-19(22-14-6-5-9-20-12-14)24(18(16)25)15-7-3-2-4-8-15/h2-12,19,22H,1H3,(H,21,23). The monoisotopic (exact) mass is 331 g/mol. The number of nitrogens with one attached hydrogen (secondary N) is 2. The van der Waals surface area contributed by atoms with E-state index in [-0.39, 0.29) is 5.91 Å². The normalized spacial score (nSPS) is 16.1. The van der Waals surface area contributed by atoms with Crippen molar-refractivity contribution in [3.63, 3.8) is 0 Å². The molecule has 1 unspecified atom stereocenters. The molecule has 0 radical (unpaired) electrons. The van der Waals surface area contributed by atoms with Crippen LogP contribution in [-0.4, -0.2) is 22.2 Å². The van der Waals surface area contributed by atoms with Gasteiger partial charge in [0.1, 0.15) is 5.82 Å². The SMILES string of the molecule is Cc1cnc2c(c1)C(=O)N(c1ccccc1)C(Nc1cccnc1)N2. The maximum absolute atomic E-state index is 13.2. The molecule has 0 bridgehead atoms. The molecule has 6 nitrogen and oxygen atoms in total. The molecule has 1 atom stereocenters. The van der Waals surface area contributed by atoms with E-state index in [1.807, 2.05) is 55.5 Å². The number of carbonyl (C=O) groups is 1. The van der Waals surface area contributed by atoms with Gasteiger partial charge in [-0.15, -0.1) is 0 Å². The second-order valence-corrected chi connectivity index (χ2v) is 5.85. The maximum Gasteiger partial charge on any atom is 0.265 e. The summed E-state index contributed by atoms with van der Waals surface area (Å²) in [5.41, 5.74) is 3.12. The van der Waals surface area contributed by atoms with Gasteiger partial charge in [-0.3, -0.25) is 14.7 Å². The minimum absolute atomic E-state index is 0.0995. The van der Waals surface area contributed by atoms with Gasteiger partial charge in [-0.05, 0) is 42.8 Å². The molecule has 25 heavy (non-hydrogen) atoms. The van der Waals surface area contributed by atoms with Gasteiger partial charge in [0.15, 0.2) is 6.29 Å². The van der Waals surface area contributed by atoms with Gasteiger partial charge in [0.25, 0.3) is 5.91 Å². The van der Waals surface area contributed by atoms with Crippen LogP contribution in [0.3, 0.4) is 0 Å². The quantitative estimate of drug-likeness (QED) is 0.771. The molecule has 4 rings (SSSR count). The van der Waals surface area contributed by atoms with Crippen LogP contribution < -0.4 is 15.5 Å². The van der Waals surface area contributed by atoms with E-state index in [1.165, 1.54) is 0 Å². The molecule has 3 aromatic rings. The summed E-state index contributed by atoms with van der Waals surface area (Å²) in [6.07, 6.45) is 4.70. The van der Waals surface area contributed by atoms with Crippen LogP contribution in [0, 0.1) is 6.92 Å². The fourth-order valence-electron chi connectivity index (χ4n) is 2.85. The summed E-state index contributed by atoms with van der Waals surface area (Å²) >= 11 is 0. The van der Waals surface area contributed by atoms with E-state index in [0.717, 1.165) is 16.9 Å². The third-order valence-corrected chi connectivity index (χ3v) is 4.00. The number of hydrogen-bond acceptors (Lipinski definition) is 5. The number of amides is 1. The fourth-order valence-corrected chi connectivity index (χ4v) is 2.85. The van der Waals surface area contributed by atoms with Crippen molar-refractivity contribution in [1.82, 2.24) is 9.97 Å². The third kappa shape index (κ3) is 2.89. The lowest BCUT2D eigenvalue weighted by atomic mass is 10.1. The Morgan fingerprint density at radius 2 is 1.96 bits per heavy atom. The molecule has 2 N–H and O–H groups in total. The average Bonchev–Trinajstić information content (AvgIpc) is 2.64. The number of rotatable bonds is 3. The van der Waals surface area contributed by atoms with E-state index in [0.29, 0.717) is 11.4 Å². The minimum Gasteiger partial charge on any atom is -0.347 e. The first kappa shape index (κ1) is 15.1. The highest BCUT2D eigenvalue weighted by Crippen LogP contribution is 2.29. The van der Waals surface area contributed by atoms with Gasteiger partial charge in [-0.2, -0.15) is 0 Å². The van der Waals surface area contributed by atoms with E-state index < -0.39 is 6.29 Å². The largest absolute Gasteiger partial charge is 0.347 e. The average molecular weight is 331 g/mol. The molecule has 1 aliphatic heterocycles. The minimum atomic E-state index is -0.471. The van der Waals surface area contributed by atoms with Crippen molar-refractivity contribution in [2.75, 3.05) is 15.5 Å². The van der Waals surface area contributed by atoms with E-state index in [1.54, 1.807) is 23.5 Å². The van der Waals surface area contributed by atoms with Crippen LogP contribution in [-0.2, 0) is 0 Å². The molecule has 0 fully saturated rings. The molecule has 1 aromatic carbocycles. The zero-order valence-electron chi connectivity index (χ0n) is 13.7. The van der Waals surface area contributed by atoms with Gasteiger partial charge < -0.3 is 10.6 Å². The molecule has 0 saturated carbocycles. The van der Waals surface area contributed by atoms with Crippen LogP contribution in [0.25, 0.3) is 0 Å². The summed E-state index contributed by atoms with van der Waals surface area (Å²) in [4.78, 5) is 23.3. The molecule has 3 heterocycles. The van der Waals surface area contributed by atoms with Crippen molar-refractivity contribution >= 4 is 23.1 Å². The van der Waals surface area contributed by atoms with Gasteiger partial charge in [-0.25, -0.2) is 4.98 Å². The van der Waals surface area contributed by atoms with Crippen LogP contribution >= 0.6 is 0 Å². The lowest BCUT2D eigenvalue weighted by Crippen LogP contribution is -2.53. The first-order valence-electron chi connectivity index (χ1n) is 8.01. The summed E-state index contributed by atoms with van der Waals surface area (Å²) < 4.78 is 0. The first-order valence-corrected chi connectivity index (χ1v) is 8.01. The number of aryl methyl sites for hydroxylation is 1. The van der Waals surface area contributed by atoms with Crippen molar-refractivity contribution < 1.29 is 4.79 Å². The van der Waals surface area contributed by atoms with E-state index >= 15 is 0 Å². The van der Waals surface area contributed by atoms with Gasteiger partial charge in [0, 0.05) is 18.1 Å². The number of pyridine rings is 2. The molecule has 1 aliphatic rings. The number of nitrogens with zero attached hydrogens (tertiary/aromatic N) is 3. The number of hydrogen-bond donors (Lipinski definition) is 2. The first-order chi connectivity index (χ1) is 12.2. The summed E-state index contributed by atoms with van der Waals surface area (Å²) in [6.45, 7) is 1.92. The number of benzene rings is 1. The Morgan fingerprint density at radius 1 is 1.12 bits per heavy atom. The molecule has 2 aromatic heterocycles. The van der Waals surface area contributed by atoms with Gasteiger partial charge in [0.05, 0.1) is 17.4 Å². The van der Waals surface area contributed by atoms with Gasteiger partial charge in [0.2, 0.25) is 0 Å². The zero-order valence-corrected chi connectivity index (χ0v) is 13.7.